The number of hydrogen-bond donors (Lipinski definition) is 1. The number of rotatable bonds is 8. The van der Waals surface area contributed by atoms with E-state index in [-0.39, 0.29) is 17.0 Å². The summed E-state index contributed by atoms with van der Waals surface area (Å²) in [7, 11) is 2.17. The van der Waals surface area contributed by atoms with E-state index in [4.69, 9.17) is 9.97 Å². The highest BCUT2D eigenvalue weighted by atomic mass is 16.3. The zero-order valence-electron chi connectivity index (χ0n) is 30.0. The lowest BCUT2D eigenvalue weighted by molar-refractivity contribution is -0.154. The zero-order valence-corrected chi connectivity index (χ0v) is 30.0. The maximum atomic E-state index is 14.2. The third-order valence-electron chi connectivity index (χ3n) is 13.6. The molecule has 10 heteroatoms. The van der Waals surface area contributed by atoms with Crippen molar-refractivity contribution in [3.8, 4) is 0 Å². The molecule has 0 bridgehead atoms. The Morgan fingerprint density at radius 2 is 1.58 bits per heavy atom. The van der Waals surface area contributed by atoms with Crippen LogP contribution in [0.2, 0.25) is 0 Å². The van der Waals surface area contributed by atoms with Crippen molar-refractivity contribution in [1.29, 1.82) is 0 Å². The molecule has 2 saturated heterocycles. The largest absolute Gasteiger partial charge is 0.381 e. The number of likely N-dealkylation sites (N-methyl/N-ethyl adjacent to an activating group) is 1. The molecule has 0 spiro atoms. The molecule has 5 atom stereocenters. The van der Waals surface area contributed by atoms with Gasteiger partial charge in [0.25, 0.3) is 0 Å². The van der Waals surface area contributed by atoms with Gasteiger partial charge in [0, 0.05) is 88.8 Å². The van der Waals surface area contributed by atoms with Gasteiger partial charge in [0.05, 0.1) is 6.54 Å². The zero-order chi connectivity index (χ0) is 33.8. The van der Waals surface area contributed by atoms with Crippen LogP contribution in [0.25, 0.3) is 0 Å². The van der Waals surface area contributed by atoms with Crippen LogP contribution in [-0.2, 0) is 9.59 Å². The summed E-state index contributed by atoms with van der Waals surface area (Å²) in [5.74, 6) is 3.69. The molecule has 4 fully saturated rings. The van der Waals surface area contributed by atoms with Gasteiger partial charge in [0.15, 0.2) is 11.6 Å². The Balaban J connectivity index is 1.03. The summed E-state index contributed by atoms with van der Waals surface area (Å²) in [6, 6.07) is 2.15. The number of hydrogen-bond acceptors (Lipinski definition) is 10. The third-order valence-corrected chi connectivity index (χ3v) is 13.6. The Bertz CT molecular complexity index is 1470. The Hall–Kier alpha value is -2.82. The SMILES string of the molecule is CCN(CC)c1nc(N2CCN(C)CC2)cc(N2CCN(CC(=O)[C@@]3(O)CC[C@H]4[C@@H]5CCC6=CC(=O)CC[C@]6(C)C5=CC[C@@]43C)CC2)n1. The molecule has 2 aliphatic heterocycles. The van der Waals surface area contributed by atoms with Gasteiger partial charge in [0.1, 0.15) is 17.2 Å². The van der Waals surface area contributed by atoms with Crippen LogP contribution >= 0.6 is 0 Å². The average Bonchev–Trinajstić information content (AvgIpc) is 3.37. The van der Waals surface area contributed by atoms with E-state index in [2.05, 4.69) is 71.4 Å². The van der Waals surface area contributed by atoms with Gasteiger partial charge < -0.3 is 24.7 Å². The molecule has 1 N–H and O–H groups in total. The highest BCUT2D eigenvalue weighted by Gasteiger charge is 2.64. The van der Waals surface area contributed by atoms with Crippen molar-refractivity contribution in [2.24, 2.45) is 22.7 Å². The first kappa shape index (κ1) is 33.7. The second-order valence-electron chi connectivity index (χ2n) is 15.9. The second kappa shape index (κ2) is 12.8. The molecule has 0 unspecified atom stereocenters. The monoisotopic (exact) mass is 659 g/mol. The number of carbonyl (C=O) groups excluding carboxylic acids is 2. The van der Waals surface area contributed by atoms with Crippen molar-refractivity contribution >= 4 is 29.2 Å². The van der Waals surface area contributed by atoms with Gasteiger partial charge in [-0.2, -0.15) is 9.97 Å². The molecular weight excluding hydrogens is 602 g/mol. The Kier molecular flexibility index (Phi) is 8.99. The minimum atomic E-state index is -1.31. The minimum absolute atomic E-state index is 0.00752. The number of ketones is 2. The number of aliphatic hydroxyl groups is 1. The fourth-order valence-corrected chi connectivity index (χ4v) is 10.2. The topological polar surface area (TPSA) is 96.4 Å². The van der Waals surface area contributed by atoms with Crippen LogP contribution < -0.4 is 14.7 Å². The number of carbonyl (C=O) groups is 2. The van der Waals surface area contributed by atoms with Crippen molar-refractivity contribution in [2.45, 2.75) is 78.2 Å². The van der Waals surface area contributed by atoms with Gasteiger partial charge in [-0.1, -0.05) is 31.1 Å². The van der Waals surface area contributed by atoms with Crippen LogP contribution in [-0.4, -0.2) is 121 Å². The van der Waals surface area contributed by atoms with Gasteiger partial charge in [0.2, 0.25) is 5.95 Å². The van der Waals surface area contributed by atoms with Gasteiger partial charge in [-0.05, 0) is 77.3 Å². The average molecular weight is 660 g/mol. The van der Waals surface area contributed by atoms with Crippen LogP contribution in [0.15, 0.2) is 29.4 Å². The van der Waals surface area contributed by atoms with Gasteiger partial charge in [-0.3, -0.25) is 14.5 Å². The van der Waals surface area contributed by atoms with Gasteiger partial charge in [-0.25, -0.2) is 0 Å². The van der Waals surface area contributed by atoms with E-state index in [1.54, 1.807) is 0 Å². The lowest BCUT2D eigenvalue weighted by atomic mass is 9.50. The molecule has 1 aromatic rings. The van der Waals surface area contributed by atoms with Crippen molar-refractivity contribution in [2.75, 3.05) is 93.7 Å². The molecule has 10 nitrogen and oxygen atoms in total. The summed E-state index contributed by atoms with van der Waals surface area (Å²) in [5, 5.41) is 12.3. The molecule has 262 valence electrons. The summed E-state index contributed by atoms with van der Waals surface area (Å²) in [4.78, 5) is 48.0. The molecule has 6 aliphatic rings. The minimum Gasteiger partial charge on any atom is -0.381 e. The van der Waals surface area contributed by atoms with Crippen molar-refractivity contribution in [3.63, 3.8) is 0 Å². The van der Waals surface area contributed by atoms with E-state index in [0.717, 1.165) is 115 Å². The predicted molar refractivity (Wildman–Crippen MR) is 191 cm³/mol. The van der Waals surface area contributed by atoms with Crippen molar-refractivity contribution in [1.82, 2.24) is 19.8 Å². The highest BCUT2D eigenvalue weighted by molar-refractivity contribution is 5.92. The lowest BCUT2D eigenvalue weighted by Gasteiger charge is -2.54. The summed E-state index contributed by atoms with van der Waals surface area (Å²) in [6.45, 7) is 17.9. The van der Waals surface area contributed by atoms with Crippen LogP contribution in [0.4, 0.5) is 17.6 Å². The molecule has 7 rings (SSSR count). The number of Topliss-reactive ketones (excluding diaryl/α,β-unsaturated/α-hetero) is 1. The molecule has 0 aromatic carbocycles. The lowest BCUT2D eigenvalue weighted by Crippen LogP contribution is -2.58. The predicted octanol–water partition coefficient (Wildman–Crippen LogP) is 3.95. The molecule has 1 aromatic heterocycles. The number of piperazine rings is 2. The van der Waals surface area contributed by atoms with Crippen LogP contribution in [0.3, 0.4) is 0 Å². The number of aromatic nitrogens is 2. The molecule has 48 heavy (non-hydrogen) atoms. The van der Waals surface area contributed by atoms with E-state index in [9.17, 15) is 14.7 Å². The Labute approximate surface area is 287 Å². The molecule has 2 saturated carbocycles. The smallest absolute Gasteiger partial charge is 0.229 e. The van der Waals surface area contributed by atoms with Crippen LogP contribution in [0.5, 0.6) is 0 Å². The van der Waals surface area contributed by atoms with Gasteiger partial charge >= 0.3 is 0 Å². The van der Waals surface area contributed by atoms with E-state index in [0.29, 0.717) is 31.2 Å². The molecule has 0 amide bonds. The fraction of sp³-hybridized carbons (Fsp3) is 0.737. The molecule has 0 radical (unpaired) electrons. The van der Waals surface area contributed by atoms with Crippen molar-refractivity contribution < 1.29 is 14.7 Å². The Morgan fingerprint density at radius 3 is 2.23 bits per heavy atom. The maximum absolute atomic E-state index is 14.2. The highest BCUT2D eigenvalue weighted by Crippen LogP contribution is 2.65. The van der Waals surface area contributed by atoms with Crippen LogP contribution in [0, 0.1) is 22.7 Å². The summed E-state index contributed by atoms with van der Waals surface area (Å²) >= 11 is 0. The second-order valence-corrected chi connectivity index (χ2v) is 15.9. The molecular formula is C38H57N7O3. The Morgan fingerprint density at radius 1 is 0.938 bits per heavy atom. The van der Waals surface area contributed by atoms with E-state index in [1.165, 1.54) is 11.1 Å². The summed E-state index contributed by atoms with van der Waals surface area (Å²) in [5.41, 5.74) is 0.981. The molecule has 4 aliphatic carbocycles. The first-order valence-corrected chi connectivity index (χ1v) is 18.7. The quantitative estimate of drug-likeness (QED) is 0.414. The summed E-state index contributed by atoms with van der Waals surface area (Å²) in [6.07, 6.45) is 9.94. The summed E-state index contributed by atoms with van der Waals surface area (Å²) < 4.78 is 0. The standard InChI is InChI=1S/C38H57N7O3/c1-6-43(7-2)35-39-33(44-20-16-41(5)17-21-44)25-34(40-35)45-22-18-42(19-23-45)26-32(47)38(48)15-12-31-29-9-8-27-24-28(46)10-13-36(27,3)30(29)11-14-37(31,38)4/h11,24-25,29,31,48H,6-10,12-23,26H2,1-5H3/t29-,31+,36+,37+,38+/m1/s1. The fourth-order valence-electron chi connectivity index (χ4n) is 10.2. The molecule has 3 heterocycles. The first-order valence-electron chi connectivity index (χ1n) is 18.7. The number of fused-ring (bicyclic) bond motifs is 5. The van der Waals surface area contributed by atoms with E-state index in [1.807, 2.05) is 6.08 Å². The van der Waals surface area contributed by atoms with Crippen molar-refractivity contribution in [3.05, 3.63) is 29.4 Å². The first-order chi connectivity index (χ1) is 23.0. The number of anilines is 3. The number of allylic oxidation sites excluding steroid dienone is 4. The normalized spacial score (nSPS) is 34.2. The third kappa shape index (κ3) is 5.59. The van der Waals surface area contributed by atoms with E-state index >= 15 is 0 Å². The van der Waals surface area contributed by atoms with Gasteiger partial charge in [-0.15, -0.1) is 0 Å². The maximum Gasteiger partial charge on any atom is 0.229 e. The van der Waals surface area contributed by atoms with Crippen LogP contribution in [0.1, 0.15) is 72.6 Å². The number of nitrogens with zero attached hydrogens (tertiary/aromatic N) is 7. The van der Waals surface area contributed by atoms with E-state index < -0.39 is 11.0 Å².